The van der Waals surface area contributed by atoms with Gasteiger partial charge in [0.25, 0.3) is 0 Å². The van der Waals surface area contributed by atoms with Crippen molar-refractivity contribution in [3.8, 4) is 0 Å². The van der Waals surface area contributed by atoms with Gasteiger partial charge in [0.1, 0.15) is 17.8 Å². The first-order valence-corrected chi connectivity index (χ1v) is 13.1. The first kappa shape index (κ1) is 24.0. The molecule has 0 spiro atoms. The molecule has 11 heteroatoms. The van der Waals surface area contributed by atoms with E-state index < -0.39 is 10.3 Å². The van der Waals surface area contributed by atoms with Crippen molar-refractivity contribution in [1.29, 1.82) is 0 Å². The van der Waals surface area contributed by atoms with Crippen LogP contribution in [0.2, 0.25) is 0 Å². The van der Waals surface area contributed by atoms with Gasteiger partial charge in [-0.05, 0) is 53.6 Å². The summed E-state index contributed by atoms with van der Waals surface area (Å²) in [6.07, 6.45) is 6.89. The topological polar surface area (TPSA) is 142 Å². The van der Waals surface area contributed by atoms with Gasteiger partial charge in [0.2, 0.25) is 5.78 Å². The Bertz CT molecular complexity index is 1500. The van der Waals surface area contributed by atoms with Crippen LogP contribution < -0.4 is 10.5 Å². The fourth-order valence-corrected chi connectivity index (χ4v) is 4.97. The molecule has 1 aliphatic carbocycles. The minimum atomic E-state index is -3.96. The number of hydrogen-bond donors (Lipinski definition) is 2. The molecule has 2 atom stereocenters. The lowest BCUT2D eigenvalue weighted by Gasteiger charge is -2.15. The highest BCUT2D eigenvalue weighted by molar-refractivity contribution is 7.84. The van der Waals surface area contributed by atoms with E-state index in [1.165, 1.54) is 17.9 Å². The van der Waals surface area contributed by atoms with Crippen LogP contribution in [0, 0.1) is 5.92 Å². The van der Waals surface area contributed by atoms with E-state index in [2.05, 4.69) is 50.7 Å². The van der Waals surface area contributed by atoms with Gasteiger partial charge in [-0.3, -0.25) is 13.7 Å². The van der Waals surface area contributed by atoms with Gasteiger partial charge in [-0.25, -0.2) is 15.1 Å². The SMILES string of the molecule is NS(=O)(=O)OCC1CCC(Nc2ncncc2C(=O)c2ccn(Cc3ccc4ccccc4c3)n2)C1. The molecule has 2 aromatic heterocycles. The average Bonchev–Trinajstić information content (AvgIpc) is 3.52. The van der Waals surface area contributed by atoms with Crippen molar-refractivity contribution in [2.75, 3.05) is 11.9 Å². The van der Waals surface area contributed by atoms with Crippen molar-refractivity contribution >= 4 is 32.7 Å². The Balaban J connectivity index is 1.26. The fourth-order valence-electron chi connectivity index (χ4n) is 4.59. The third-order valence-corrected chi connectivity index (χ3v) is 6.80. The van der Waals surface area contributed by atoms with Crippen LogP contribution in [-0.2, 0) is 21.0 Å². The lowest BCUT2D eigenvalue weighted by molar-refractivity contribution is 0.103. The predicted octanol–water partition coefficient (Wildman–Crippen LogP) is 2.91. The summed E-state index contributed by atoms with van der Waals surface area (Å²) in [5.74, 6) is 0.201. The Kier molecular flexibility index (Phi) is 6.77. The Labute approximate surface area is 208 Å². The molecule has 4 aromatic rings. The summed E-state index contributed by atoms with van der Waals surface area (Å²) >= 11 is 0. The molecule has 5 rings (SSSR count). The number of nitrogens with two attached hydrogens (primary N) is 1. The Morgan fingerprint density at radius 3 is 2.81 bits per heavy atom. The second-order valence-electron chi connectivity index (χ2n) is 8.99. The van der Waals surface area contributed by atoms with Gasteiger partial charge in [0.05, 0.1) is 18.7 Å². The van der Waals surface area contributed by atoms with Crippen molar-refractivity contribution in [2.24, 2.45) is 11.1 Å². The number of nitrogens with one attached hydrogen (secondary N) is 1. The Hall–Kier alpha value is -3.67. The lowest BCUT2D eigenvalue weighted by Crippen LogP contribution is -2.22. The van der Waals surface area contributed by atoms with Crippen molar-refractivity contribution < 1.29 is 17.4 Å². The molecule has 2 unspecified atom stereocenters. The van der Waals surface area contributed by atoms with Crippen molar-refractivity contribution in [2.45, 2.75) is 31.8 Å². The van der Waals surface area contributed by atoms with E-state index in [9.17, 15) is 13.2 Å². The molecule has 1 saturated carbocycles. The number of carbonyl (C=O) groups is 1. The molecule has 36 heavy (non-hydrogen) atoms. The molecule has 2 aromatic carbocycles. The molecule has 0 amide bonds. The molecule has 3 N–H and O–H groups in total. The van der Waals surface area contributed by atoms with E-state index in [0.717, 1.165) is 23.8 Å². The highest BCUT2D eigenvalue weighted by atomic mass is 32.2. The normalized spacial score (nSPS) is 17.9. The van der Waals surface area contributed by atoms with E-state index in [0.29, 0.717) is 30.0 Å². The zero-order valence-corrected chi connectivity index (χ0v) is 20.3. The number of fused-ring (bicyclic) bond motifs is 1. The fraction of sp³-hybridized carbons (Fsp3) is 0.280. The molecule has 1 fully saturated rings. The number of nitrogens with zero attached hydrogens (tertiary/aromatic N) is 4. The third-order valence-electron chi connectivity index (χ3n) is 6.34. The molecule has 2 heterocycles. The molecule has 0 bridgehead atoms. The summed E-state index contributed by atoms with van der Waals surface area (Å²) in [7, 11) is -3.96. The summed E-state index contributed by atoms with van der Waals surface area (Å²) < 4.78 is 28.6. The maximum absolute atomic E-state index is 13.3. The number of hydrogen-bond acceptors (Lipinski definition) is 8. The zero-order valence-electron chi connectivity index (χ0n) is 19.4. The second kappa shape index (κ2) is 10.1. The predicted molar refractivity (Wildman–Crippen MR) is 135 cm³/mol. The molecule has 186 valence electrons. The van der Waals surface area contributed by atoms with Crippen LogP contribution in [0.1, 0.15) is 40.9 Å². The summed E-state index contributed by atoms with van der Waals surface area (Å²) in [4.78, 5) is 21.6. The molecule has 0 radical (unpaired) electrons. The van der Waals surface area contributed by atoms with Gasteiger partial charge >= 0.3 is 10.3 Å². The first-order chi connectivity index (χ1) is 17.3. The number of aromatic nitrogens is 4. The van der Waals surface area contributed by atoms with E-state index in [-0.39, 0.29) is 24.3 Å². The standard InChI is InChI=1S/C25H26N6O4S/c26-36(33,34)35-15-18-6-8-21(12-18)29-25-22(13-27-16-28-25)24(32)23-9-10-31(30-23)14-17-5-7-19-3-1-2-4-20(19)11-17/h1-5,7,9-11,13,16,18,21H,6,8,12,14-15H2,(H2,26,33,34)(H,27,28,29). The smallest absolute Gasteiger partial charge is 0.333 e. The van der Waals surface area contributed by atoms with Crippen molar-refractivity contribution in [1.82, 2.24) is 19.7 Å². The number of anilines is 1. The highest BCUT2D eigenvalue weighted by Gasteiger charge is 2.28. The second-order valence-corrected chi connectivity index (χ2v) is 10.2. The molecule has 0 aliphatic heterocycles. The van der Waals surface area contributed by atoms with Gasteiger partial charge in [-0.2, -0.15) is 13.5 Å². The monoisotopic (exact) mass is 506 g/mol. The molecular formula is C25H26N6O4S. The third kappa shape index (κ3) is 5.76. The van der Waals surface area contributed by atoms with Gasteiger partial charge in [0.15, 0.2) is 0 Å². The number of rotatable bonds is 9. The highest BCUT2D eigenvalue weighted by Crippen LogP contribution is 2.29. The molecular weight excluding hydrogens is 480 g/mol. The minimum absolute atomic E-state index is 0.0194. The van der Waals surface area contributed by atoms with Crippen LogP contribution in [-0.4, -0.2) is 46.6 Å². The number of benzene rings is 2. The van der Waals surface area contributed by atoms with Crippen LogP contribution in [0.4, 0.5) is 5.82 Å². The largest absolute Gasteiger partial charge is 0.367 e. The number of ketones is 1. The maximum Gasteiger partial charge on any atom is 0.333 e. The number of carbonyl (C=O) groups excluding carboxylic acids is 1. The summed E-state index contributed by atoms with van der Waals surface area (Å²) in [5.41, 5.74) is 1.72. The summed E-state index contributed by atoms with van der Waals surface area (Å²) in [5, 5.41) is 15.0. The first-order valence-electron chi connectivity index (χ1n) is 11.6. The van der Waals surface area contributed by atoms with Crippen LogP contribution in [0.25, 0.3) is 10.8 Å². The van der Waals surface area contributed by atoms with Gasteiger partial charge < -0.3 is 5.32 Å². The Morgan fingerprint density at radius 1 is 1.14 bits per heavy atom. The Morgan fingerprint density at radius 2 is 1.97 bits per heavy atom. The van der Waals surface area contributed by atoms with Crippen LogP contribution in [0.5, 0.6) is 0 Å². The average molecular weight is 507 g/mol. The lowest BCUT2D eigenvalue weighted by atomic mass is 10.1. The zero-order chi connectivity index (χ0) is 25.1. The van der Waals surface area contributed by atoms with Gasteiger partial charge in [0, 0.05) is 18.4 Å². The molecule has 1 aliphatic rings. The van der Waals surface area contributed by atoms with Crippen molar-refractivity contribution in [3.05, 3.63) is 84.1 Å². The van der Waals surface area contributed by atoms with E-state index in [1.807, 2.05) is 12.1 Å². The molecule has 0 saturated heterocycles. The van der Waals surface area contributed by atoms with Crippen LogP contribution >= 0.6 is 0 Å². The van der Waals surface area contributed by atoms with Crippen molar-refractivity contribution in [3.63, 3.8) is 0 Å². The van der Waals surface area contributed by atoms with Gasteiger partial charge in [-0.15, -0.1) is 0 Å². The van der Waals surface area contributed by atoms with Crippen LogP contribution in [0.15, 0.2) is 67.3 Å². The van der Waals surface area contributed by atoms with Crippen LogP contribution in [0.3, 0.4) is 0 Å². The van der Waals surface area contributed by atoms with Gasteiger partial charge in [-0.1, -0.05) is 36.4 Å². The molecule has 10 nitrogen and oxygen atoms in total. The quantitative estimate of drug-likeness (QED) is 0.330. The minimum Gasteiger partial charge on any atom is -0.367 e. The van der Waals surface area contributed by atoms with E-state index in [1.54, 1.807) is 16.9 Å². The summed E-state index contributed by atoms with van der Waals surface area (Å²) in [6.45, 7) is 0.583. The summed E-state index contributed by atoms with van der Waals surface area (Å²) in [6, 6.07) is 16.1. The maximum atomic E-state index is 13.3. The van der Waals surface area contributed by atoms with E-state index in [4.69, 9.17) is 9.32 Å². The van der Waals surface area contributed by atoms with E-state index >= 15 is 0 Å².